The number of carbonyl (C=O) groups is 1. The number of nitrogens with zero attached hydrogens (tertiary/aromatic N) is 2. The van der Waals surface area contributed by atoms with Gasteiger partial charge in [-0.05, 0) is 27.6 Å². The van der Waals surface area contributed by atoms with Crippen LogP contribution in [0, 0.1) is 0 Å². The second-order valence-electron chi connectivity index (χ2n) is 4.28. The molecule has 4 nitrogen and oxygen atoms in total. The fourth-order valence-electron chi connectivity index (χ4n) is 1.31. The molecule has 15 heavy (non-hydrogen) atoms. The van der Waals surface area contributed by atoms with Crippen LogP contribution in [-0.4, -0.2) is 62.5 Å². The highest BCUT2D eigenvalue weighted by Gasteiger charge is 2.12. The lowest BCUT2D eigenvalue weighted by molar-refractivity contribution is -0.130. The molecule has 0 aromatic heterocycles. The van der Waals surface area contributed by atoms with E-state index in [1.54, 1.807) is 4.90 Å². The van der Waals surface area contributed by atoms with E-state index in [1.807, 2.05) is 28.1 Å². The molecule has 0 rings (SSSR count). The zero-order valence-corrected chi connectivity index (χ0v) is 10.7. The molecular weight excluding hydrogens is 190 g/mol. The van der Waals surface area contributed by atoms with E-state index in [9.17, 15) is 4.79 Å². The maximum atomic E-state index is 11.7. The number of hydrogen-bond acceptors (Lipinski definition) is 3. The Morgan fingerprint density at radius 2 is 1.87 bits per heavy atom. The fraction of sp³-hybridized carbons (Fsp3) is 0.909. The molecule has 0 saturated carbocycles. The Hall–Kier alpha value is -0.610. The lowest BCUT2D eigenvalue weighted by Gasteiger charge is -2.21. The molecule has 1 atom stereocenters. The molecule has 0 bridgehead atoms. The van der Waals surface area contributed by atoms with Crippen LogP contribution in [0.15, 0.2) is 0 Å². The van der Waals surface area contributed by atoms with E-state index >= 15 is 0 Å². The van der Waals surface area contributed by atoms with Crippen LogP contribution in [0.1, 0.15) is 20.3 Å². The van der Waals surface area contributed by atoms with Crippen LogP contribution in [0.4, 0.5) is 0 Å². The van der Waals surface area contributed by atoms with Gasteiger partial charge >= 0.3 is 0 Å². The van der Waals surface area contributed by atoms with Crippen LogP contribution >= 0.6 is 0 Å². The number of likely N-dealkylation sites (N-methyl/N-ethyl adjacent to an activating group) is 2. The smallest absolute Gasteiger partial charge is 0.223 e. The van der Waals surface area contributed by atoms with Crippen molar-refractivity contribution in [3.8, 4) is 0 Å². The lowest BCUT2D eigenvalue weighted by Crippen LogP contribution is -2.37. The van der Waals surface area contributed by atoms with Crippen LogP contribution in [0.2, 0.25) is 0 Å². The zero-order valence-electron chi connectivity index (χ0n) is 10.7. The van der Waals surface area contributed by atoms with Gasteiger partial charge in [0.25, 0.3) is 0 Å². The Labute approximate surface area is 93.6 Å². The first-order valence-electron chi connectivity index (χ1n) is 5.59. The van der Waals surface area contributed by atoms with Gasteiger partial charge in [0.05, 0.1) is 0 Å². The summed E-state index contributed by atoms with van der Waals surface area (Å²) < 4.78 is 0. The minimum atomic E-state index is 0.213. The monoisotopic (exact) mass is 215 g/mol. The maximum absolute atomic E-state index is 11.7. The molecule has 1 amide bonds. The van der Waals surface area contributed by atoms with Crippen LogP contribution in [0.3, 0.4) is 0 Å². The van der Waals surface area contributed by atoms with Gasteiger partial charge in [-0.2, -0.15) is 0 Å². The van der Waals surface area contributed by atoms with Crippen molar-refractivity contribution in [2.75, 3.05) is 40.8 Å². The Bertz CT molecular complexity index is 183. The molecular formula is C11H25N3O. The third-order valence-corrected chi connectivity index (χ3v) is 2.34. The van der Waals surface area contributed by atoms with Crippen molar-refractivity contribution in [1.29, 1.82) is 0 Å². The highest BCUT2D eigenvalue weighted by Crippen LogP contribution is 1.96. The second kappa shape index (κ2) is 7.65. The summed E-state index contributed by atoms with van der Waals surface area (Å²) in [6, 6.07) is 0.268. The van der Waals surface area contributed by atoms with E-state index in [0.717, 1.165) is 19.6 Å². The van der Waals surface area contributed by atoms with E-state index in [0.29, 0.717) is 6.42 Å². The van der Waals surface area contributed by atoms with E-state index < -0.39 is 0 Å². The topological polar surface area (TPSA) is 35.6 Å². The van der Waals surface area contributed by atoms with Gasteiger partial charge in [-0.15, -0.1) is 0 Å². The van der Waals surface area contributed by atoms with Crippen molar-refractivity contribution >= 4 is 5.91 Å². The number of nitrogens with one attached hydrogen (secondary N) is 1. The number of carbonyl (C=O) groups excluding carboxylic acids is 1. The van der Waals surface area contributed by atoms with Crippen molar-refractivity contribution in [3.05, 3.63) is 0 Å². The first-order valence-corrected chi connectivity index (χ1v) is 5.59. The minimum Gasteiger partial charge on any atom is -0.344 e. The molecule has 0 aromatic carbocycles. The van der Waals surface area contributed by atoms with Gasteiger partial charge in [-0.25, -0.2) is 0 Å². The zero-order chi connectivity index (χ0) is 11.8. The van der Waals surface area contributed by atoms with E-state index in [1.165, 1.54) is 0 Å². The molecule has 1 unspecified atom stereocenters. The van der Waals surface area contributed by atoms with Crippen molar-refractivity contribution in [3.63, 3.8) is 0 Å². The second-order valence-corrected chi connectivity index (χ2v) is 4.28. The molecule has 0 saturated heterocycles. The normalized spacial score (nSPS) is 12.9. The molecule has 1 N–H and O–H groups in total. The SMILES string of the molecule is CCNC(C)CC(=O)N(C)CCN(C)C. The first kappa shape index (κ1) is 14.4. The van der Waals surface area contributed by atoms with Gasteiger partial charge in [0.15, 0.2) is 0 Å². The highest BCUT2D eigenvalue weighted by atomic mass is 16.2. The quantitative estimate of drug-likeness (QED) is 0.667. The van der Waals surface area contributed by atoms with Gasteiger partial charge in [-0.1, -0.05) is 6.92 Å². The third-order valence-electron chi connectivity index (χ3n) is 2.34. The predicted octanol–water partition coefficient (Wildman–Crippen LogP) is 0.395. The lowest BCUT2D eigenvalue weighted by atomic mass is 10.2. The van der Waals surface area contributed by atoms with E-state index in [2.05, 4.69) is 17.1 Å². The van der Waals surface area contributed by atoms with Gasteiger partial charge in [-0.3, -0.25) is 4.79 Å². The largest absolute Gasteiger partial charge is 0.344 e. The molecule has 0 aliphatic rings. The summed E-state index contributed by atoms with van der Waals surface area (Å²) in [5, 5.41) is 3.24. The molecule has 0 spiro atoms. The van der Waals surface area contributed by atoms with Gasteiger partial charge in [0, 0.05) is 32.6 Å². The summed E-state index contributed by atoms with van der Waals surface area (Å²) in [5.41, 5.74) is 0. The van der Waals surface area contributed by atoms with Crippen LogP contribution < -0.4 is 5.32 Å². The maximum Gasteiger partial charge on any atom is 0.223 e. The van der Waals surface area contributed by atoms with Crippen molar-refractivity contribution < 1.29 is 4.79 Å². The fourth-order valence-corrected chi connectivity index (χ4v) is 1.31. The summed E-state index contributed by atoms with van der Waals surface area (Å²) in [6.07, 6.45) is 0.581. The Balaban J connectivity index is 3.78. The summed E-state index contributed by atoms with van der Waals surface area (Å²) >= 11 is 0. The molecule has 0 fully saturated rings. The van der Waals surface area contributed by atoms with E-state index in [4.69, 9.17) is 0 Å². The van der Waals surface area contributed by atoms with Crippen LogP contribution in [0.25, 0.3) is 0 Å². The Kier molecular flexibility index (Phi) is 7.34. The van der Waals surface area contributed by atoms with Gasteiger partial charge in [0.1, 0.15) is 0 Å². The van der Waals surface area contributed by atoms with Crippen LogP contribution in [-0.2, 0) is 4.79 Å². The Morgan fingerprint density at radius 3 is 2.33 bits per heavy atom. The summed E-state index contributed by atoms with van der Waals surface area (Å²) in [6.45, 7) is 6.72. The average molecular weight is 215 g/mol. The number of rotatable bonds is 7. The highest BCUT2D eigenvalue weighted by molar-refractivity contribution is 5.76. The first-order chi connectivity index (χ1) is 6.97. The molecule has 0 aromatic rings. The molecule has 0 aliphatic carbocycles. The van der Waals surface area contributed by atoms with Gasteiger partial charge in [0.2, 0.25) is 5.91 Å². The molecule has 0 aliphatic heterocycles. The average Bonchev–Trinajstić information content (AvgIpc) is 2.14. The third kappa shape index (κ3) is 7.33. The molecule has 90 valence electrons. The number of hydrogen-bond donors (Lipinski definition) is 1. The molecule has 0 radical (unpaired) electrons. The summed E-state index contributed by atoms with van der Waals surface area (Å²) in [7, 11) is 5.89. The van der Waals surface area contributed by atoms with Crippen molar-refractivity contribution in [2.45, 2.75) is 26.3 Å². The minimum absolute atomic E-state index is 0.213. The Morgan fingerprint density at radius 1 is 1.27 bits per heavy atom. The number of amides is 1. The van der Waals surface area contributed by atoms with E-state index in [-0.39, 0.29) is 11.9 Å². The predicted molar refractivity (Wildman–Crippen MR) is 63.9 cm³/mol. The van der Waals surface area contributed by atoms with Crippen LogP contribution in [0.5, 0.6) is 0 Å². The standard InChI is InChI=1S/C11H25N3O/c1-6-12-10(2)9-11(15)14(5)8-7-13(3)4/h10,12H,6-9H2,1-5H3. The molecule has 0 heterocycles. The summed E-state index contributed by atoms with van der Waals surface area (Å²) in [5.74, 6) is 0.213. The van der Waals surface area contributed by atoms with Crippen molar-refractivity contribution in [2.24, 2.45) is 0 Å². The van der Waals surface area contributed by atoms with Gasteiger partial charge < -0.3 is 15.1 Å². The van der Waals surface area contributed by atoms with Crippen molar-refractivity contribution in [1.82, 2.24) is 15.1 Å². The summed E-state index contributed by atoms with van der Waals surface area (Å²) in [4.78, 5) is 15.6. The molecule has 4 heteroatoms.